The molecule has 0 saturated carbocycles. The Morgan fingerprint density at radius 1 is 1.18 bits per heavy atom. The van der Waals surface area contributed by atoms with E-state index in [4.69, 9.17) is 14.2 Å². The molecule has 142 valence electrons. The van der Waals surface area contributed by atoms with E-state index in [1.165, 1.54) is 0 Å². The average Bonchev–Trinajstić information content (AvgIpc) is 3.43. The first-order valence-corrected chi connectivity index (χ1v) is 9.76. The number of thioether (sulfide) groups is 1. The number of anilines is 1. The minimum atomic E-state index is -0.227. The van der Waals surface area contributed by atoms with Crippen LogP contribution in [-0.4, -0.2) is 42.5 Å². The fraction of sp³-hybridized carbons (Fsp3) is 0.200. The van der Waals surface area contributed by atoms with Gasteiger partial charge in [-0.3, -0.25) is 9.79 Å². The normalized spacial score (nSPS) is 16.5. The molecule has 28 heavy (non-hydrogen) atoms. The number of nitrogens with zero attached hydrogens (tertiary/aromatic N) is 2. The second-order valence-corrected chi connectivity index (χ2v) is 7.20. The summed E-state index contributed by atoms with van der Waals surface area (Å²) in [4.78, 5) is 18.9. The second-order valence-electron chi connectivity index (χ2n) is 6.37. The molecule has 7 nitrogen and oxygen atoms in total. The summed E-state index contributed by atoms with van der Waals surface area (Å²) in [5.41, 5.74) is 2.99. The van der Waals surface area contributed by atoms with Crippen LogP contribution in [-0.2, 0) is 4.79 Å². The second kappa shape index (κ2) is 7.12. The summed E-state index contributed by atoms with van der Waals surface area (Å²) in [6.07, 6.45) is 0. The van der Waals surface area contributed by atoms with Crippen LogP contribution in [0.3, 0.4) is 0 Å². The third-order valence-electron chi connectivity index (χ3n) is 4.55. The molecule has 0 spiro atoms. The molecule has 5 rings (SSSR count). The lowest BCUT2D eigenvalue weighted by molar-refractivity contribution is -0.118. The summed E-state index contributed by atoms with van der Waals surface area (Å²) in [5.74, 6) is 1.64. The zero-order valence-corrected chi connectivity index (χ0v) is 15.7. The summed E-state index contributed by atoms with van der Waals surface area (Å²) in [5, 5.41) is 6.03. The molecule has 0 fully saturated rings. The van der Waals surface area contributed by atoms with Crippen molar-refractivity contribution in [3.8, 4) is 17.2 Å². The largest absolute Gasteiger partial charge is 0.484 e. The van der Waals surface area contributed by atoms with Crippen molar-refractivity contribution in [3.63, 3.8) is 0 Å². The Kier molecular flexibility index (Phi) is 4.32. The molecule has 2 aromatic rings. The van der Waals surface area contributed by atoms with Gasteiger partial charge in [0.25, 0.3) is 5.91 Å². The lowest BCUT2D eigenvalue weighted by Gasteiger charge is -2.17. The van der Waals surface area contributed by atoms with E-state index in [0.29, 0.717) is 17.2 Å². The summed E-state index contributed by atoms with van der Waals surface area (Å²) in [7, 11) is 0. The summed E-state index contributed by atoms with van der Waals surface area (Å²) < 4.78 is 16.1. The minimum Gasteiger partial charge on any atom is -0.484 e. The molecular formula is C20H17N3O4S. The number of amidine groups is 1. The van der Waals surface area contributed by atoms with Crippen molar-refractivity contribution < 1.29 is 19.0 Å². The van der Waals surface area contributed by atoms with Gasteiger partial charge in [-0.25, -0.2) is 0 Å². The maximum absolute atomic E-state index is 12.2. The smallest absolute Gasteiger partial charge is 0.262 e. The quantitative estimate of drug-likeness (QED) is 0.839. The van der Waals surface area contributed by atoms with Crippen LogP contribution < -0.4 is 19.5 Å². The number of carbonyl (C=O) groups is 1. The number of hydrogen-bond donors (Lipinski definition) is 1. The molecule has 0 aromatic heterocycles. The van der Waals surface area contributed by atoms with Crippen molar-refractivity contribution in [2.45, 2.75) is 0 Å². The van der Waals surface area contributed by atoms with Crippen LogP contribution in [0.15, 0.2) is 52.9 Å². The number of ether oxygens (including phenoxy) is 3. The molecule has 3 aliphatic heterocycles. The monoisotopic (exact) mass is 395 g/mol. The Labute approximate surface area is 166 Å². The first kappa shape index (κ1) is 17.0. The van der Waals surface area contributed by atoms with Gasteiger partial charge in [-0.2, -0.15) is 0 Å². The van der Waals surface area contributed by atoms with Crippen molar-refractivity contribution in [2.75, 3.05) is 31.8 Å². The maximum atomic E-state index is 12.2. The predicted octanol–water partition coefficient (Wildman–Crippen LogP) is 3.15. The van der Waals surface area contributed by atoms with E-state index in [-0.39, 0.29) is 19.3 Å². The first-order valence-electron chi connectivity index (χ1n) is 8.88. The highest BCUT2D eigenvalue weighted by Crippen LogP contribution is 2.36. The van der Waals surface area contributed by atoms with E-state index >= 15 is 0 Å². The standard InChI is InChI=1S/C20H17N3O4S/c24-19(10-25-15-5-6-17-18(9-15)27-12-26-17)22-14-3-1-13(2-4-14)16-11-28-20-21-7-8-23(16)20/h1-6,9,11H,7-8,10,12H2,(H,22,24). The van der Waals surface area contributed by atoms with Crippen LogP contribution in [0.4, 0.5) is 5.69 Å². The Hall–Kier alpha value is -3.13. The van der Waals surface area contributed by atoms with Crippen LogP contribution in [0.5, 0.6) is 17.2 Å². The summed E-state index contributed by atoms with van der Waals surface area (Å²) in [6, 6.07) is 13.0. The Bertz CT molecular complexity index is 987. The van der Waals surface area contributed by atoms with Crippen LogP contribution in [0.25, 0.3) is 5.70 Å². The van der Waals surface area contributed by atoms with Crippen molar-refractivity contribution in [3.05, 3.63) is 53.4 Å². The van der Waals surface area contributed by atoms with Gasteiger partial charge in [0.15, 0.2) is 23.3 Å². The number of carbonyl (C=O) groups excluding carboxylic acids is 1. The molecule has 0 saturated heterocycles. The molecule has 2 aromatic carbocycles. The van der Waals surface area contributed by atoms with Gasteiger partial charge in [-0.05, 0) is 29.8 Å². The van der Waals surface area contributed by atoms with E-state index < -0.39 is 0 Å². The van der Waals surface area contributed by atoms with E-state index in [2.05, 4.69) is 20.6 Å². The highest BCUT2D eigenvalue weighted by molar-refractivity contribution is 8.16. The number of amides is 1. The molecule has 0 radical (unpaired) electrons. The predicted molar refractivity (Wildman–Crippen MR) is 108 cm³/mol. The molecule has 8 heteroatoms. The SMILES string of the molecule is O=C(COc1ccc2c(c1)OCO2)Nc1ccc(C2=CSC3=NCCN23)cc1. The van der Waals surface area contributed by atoms with E-state index in [1.54, 1.807) is 30.0 Å². The van der Waals surface area contributed by atoms with Crippen molar-refractivity contribution in [2.24, 2.45) is 4.99 Å². The molecule has 0 atom stereocenters. The first-order chi connectivity index (χ1) is 13.8. The Morgan fingerprint density at radius 3 is 2.93 bits per heavy atom. The van der Waals surface area contributed by atoms with Gasteiger partial charge in [-0.15, -0.1) is 0 Å². The molecule has 0 unspecified atom stereocenters. The fourth-order valence-electron chi connectivity index (χ4n) is 3.18. The molecule has 1 amide bonds. The highest BCUT2D eigenvalue weighted by atomic mass is 32.2. The lowest BCUT2D eigenvalue weighted by Crippen LogP contribution is -2.21. The molecular weight excluding hydrogens is 378 g/mol. The van der Waals surface area contributed by atoms with Crippen LogP contribution in [0.1, 0.15) is 5.56 Å². The fourth-order valence-corrected chi connectivity index (χ4v) is 4.15. The van der Waals surface area contributed by atoms with Gasteiger partial charge in [0.05, 0.1) is 12.2 Å². The molecule has 0 bridgehead atoms. The van der Waals surface area contributed by atoms with E-state index in [9.17, 15) is 4.79 Å². The number of benzene rings is 2. The zero-order valence-electron chi connectivity index (χ0n) is 14.9. The summed E-state index contributed by atoms with van der Waals surface area (Å²) in [6.45, 7) is 1.88. The van der Waals surface area contributed by atoms with Crippen LogP contribution in [0.2, 0.25) is 0 Å². The maximum Gasteiger partial charge on any atom is 0.262 e. The zero-order chi connectivity index (χ0) is 18.9. The van der Waals surface area contributed by atoms with Crippen molar-refractivity contribution >= 4 is 34.2 Å². The van der Waals surface area contributed by atoms with E-state index in [1.807, 2.05) is 24.3 Å². The van der Waals surface area contributed by atoms with Gasteiger partial charge in [0.1, 0.15) is 5.75 Å². The number of aliphatic imine (C=N–C) groups is 1. The number of rotatable bonds is 5. The molecule has 1 N–H and O–H groups in total. The number of nitrogens with one attached hydrogen (secondary N) is 1. The highest BCUT2D eigenvalue weighted by Gasteiger charge is 2.26. The summed E-state index contributed by atoms with van der Waals surface area (Å²) >= 11 is 1.65. The van der Waals surface area contributed by atoms with Crippen LogP contribution >= 0.6 is 11.8 Å². The van der Waals surface area contributed by atoms with Gasteiger partial charge < -0.3 is 24.4 Å². The molecule has 3 aliphatic rings. The third kappa shape index (κ3) is 3.27. The Balaban J connectivity index is 1.17. The van der Waals surface area contributed by atoms with Gasteiger partial charge in [-0.1, -0.05) is 23.9 Å². The number of fused-ring (bicyclic) bond motifs is 2. The van der Waals surface area contributed by atoms with E-state index in [0.717, 1.165) is 35.2 Å². The van der Waals surface area contributed by atoms with Crippen molar-refractivity contribution in [1.82, 2.24) is 4.90 Å². The van der Waals surface area contributed by atoms with Gasteiger partial charge in [0.2, 0.25) is 6.79 Å². The van der Waals surface area contributed by atoms with Crippen molar-refractivity contribution in [1.29, 1.82) is 0 Å². The molecule has 3 heterocycles. The topological polar surface area (TPSA) is 72.4 Å². The van der Waals surface area contributed by atoms with Gasteiger partial charge >= 0.3 is 0 Å². The third-order valence-corrected chi connectivity index (χ3v) is 5.45. The Morgan fingerprint density at radius 2 is 2.04 bits per heavy atom. The lowest BCUT2D eigenvalue weighted by atomic mass is 10.1. The molecule has 0 aliphatic carbocycles. The van der Waals surface area contributed by atoms with Crippen LogP contribution in [0, 0.1) is 0 Å². The average molecular weight is 395 g/mol. The van der Waals surface area contributed by atoms with Gasteiger partial charge in [0, 0.05) is 23.7 Å². The minimum absolute atomic E-state index is 0.0865. The number of hydrogen-bond acceptors (Lipinski definition) is 7.